The lowest BCUT2D eigenvalue weighted by Gasteiger charge is -2.03. The number of carbonyl (C=O) groups is 1. The van der Waals surface area contributed by atoms with E-state index in [1.54, 1.807) is 0 Å². The van der Waals surface area contributed by atoms with Gasteiger partial charge in [0.05, 0.1) is 11.6 Å². The Labute approximate surface area is 76.3 Å². The lowest BCUT2D eigenvalue weighted by Crippen LogP contribution is -2.16. The lowest BCUT2D eigenvalue weighted by atomic mass is 10.1. The quantitative estimate of drug-likeness (QED) is 0.730. The van der Waals surface area contributed by atoms with Gasteiger partial charge in [-0.05, 0) is 12.3 Å². The van der Waals surface area contributed by atoms with E-state index in [4.69, 9.17) is 5.11 Å². The molecule has 0 fully saturated rings. The zero-order valence-corrected chi connectivity index (χ0v) is 8.10. The maximum atomic E-state index is 10.5. The molecular weight excluding hydrogens is 174 g/mol. The highest BCUT2D eigenvalue weighted by Gasteiger charge is 2.25. The van der Waals surface area contributed by atoms with Gasteiger partial charge in [-0.3, -0.25) is 9.79 Å². The molecule has 1 N–H and O–H groups in total. The number of carboxylic acid groups (broad SMARTS) is 1. The third-order valence-electron chi connectivity index (χ3n) is 1.57. The smallest absolute Gasteiger partial charge is 0.318 e. The van der Waals surface area contributed by atoms with Gasteiger partial charge in [-0.15, -0.1) is 0 Å². The van der Waals surface area contributed by atoms with Gasteiger partial charge in [0.1, 0.15) is 5.25 Å². The number of rotatable bonds is 3. The standard InChI is InChI=1S/C8H13NO2S/c1-5(2)3-7-9-4-6(12-7)8(10)11/h5-6H,3-4H2,1-2H3,(H,10,11). The normalized spacial score (nSPS) is 22.9. The second kappa shape index (κ2) is 3.94. The Kier molecular flexibility index (Phi) is 3.14. The molecule has 68 valence electrons. The van der Waals surface area contributed by atoms with Gasteiger partial charge in [0, 0.05) is 0 Å². The molecule has 0 aliphatic carbocycles. The Morgan fingerprint density at radius 2 is 2.50 bits per heavy atom. The van der Waals surface area contributed by atoms with Crippen LogP contribution in [0.1, 0.15) is 20.3 Å². The molecule has 1 heterocycles. The zero-order valence-electron chi connectivity index (χ0n) is 7.28. The van der Waals surface area contributed by atoms with E-state index in [2.05, 4.69) is 18.8 Å². The van der Waals surface area contributed by atoms with Gasteiger partial charge in [0.25, 0.3) is 0 Å². The third kappa shape index (κ3) is 2.52. The molecule has 3 nitrogen and oxygen atoms in total. The zero-order chi connectivity index (χ0) is 9.14. The van der Waals surface area contributed by atoms with E-state index in [0.29, 0.717) is 12.5 Å². The van der Waals surface area contributed by atoms with Crippen molar-refractivity contribution in [2.45, 2.75) is 25.5 Å². The summed E-state index contributed by atoms with van der Waals surface area (Å²) in [7, 11) is 0. The predicted octanol–water partition coefficient (Wildman–Crippen LogP) is 1.63. The number of hydrogen-bond donors (Lipinski definition) is 1. The molecule has 0 aromatic rings. The maximum Gasteiger partial charge on any atom is 0.318 e. The van der Waals surface area contributed by atoms with Crippen LogP contribution >= 0.6 is 11.8 Å². The number of nitrogens with zero attached hydrogens (tertiary/aromatic N) is 1. The van der Waals surface area contributed by atoms with Crippen molar-refractivity contribution in [3.63, 3.8) is 0 Å². The van der Waals surface area contributed by atoms with Crippen molar-refractivity contribution in [2.24, 2.45) is 10.9 Å². The average Bonchev–Trinajstić information content (AvgIpc) is 2.34. The molecule has 0 saturated heterocycles. The lowest BCUT2D eigenvalue weighted by molar-refractivity contribution is -0.136. The highest BCUT2D eigenvalue weighted by Crippen LogP contribution is 2.25. The first-order valence-corrected chi connectivity index (χ1v) is 4.90. The molecule has 1 aliphatic heterocycles. The van der Waals surface area contributed by atoms with Crippen molar-refractivity contribution in [3.8, 4) is 0 Å². The predicted molar refractivity (Wildman–Crippen MR) is 50.8 cm³/mol. The summed E-state index contributed by atoms with van der Waals surface area (Å²) in [5.41, 5.74) is 0. The summed E-state index contributed by atoms with van der Waals surface area (Å²) in [6.45, 7) is 4.66. The molecule has 4 heteroatoms. The summed E-state index contributed by atoms with van der Waals surface area (Å²) in [4.78, 5) is 14.7. The molecule has 0 spiro atoms. The number of aliphatic imine (C=N–C) groups is 1. The molecule has 0 aromatic carbocycles. The minimum atomic E-state index is -0.748. The van der Waals surface area contributed by atoms with Crippen molar-refractivity contribution in [1.82, 2.24) is 0 Å². The van der Waals surface area contributed by atoms with Crippen molar-refractivity contribution >= 4 is 22.8 Å². The average molecular weight is 187 g/mol. The Morgan fingerprint density at radius 1 is 1.83 bits per heavy atom. The van der Waals surface area contributed by atoms with Gasteiger partial charge in [-0.2, -0.15) is 0 Å². The van der Waals surface area contributed by atoms with Crippen molar-refractivity contribution in [1.29, 1.82) is 0 Å². The Hall–Kier alpha value is -0.510. The monoisotopic (exact) mass is 187 g/mol. The van der Waals surface area contributed by atoms with Gasteiger partial charge in [0.15, 0.2) is 0 Å². The van der Waals surface area contributed by atoms with E-state index >= 15 is 0 Å². The first-order valence-electron chi connectivity index (χ1n) is 4.02. The number of hydrogen-bond acceptors (Lipinski definition) is 3. The molecule has 1 unspecified atom stereocenters. The summed E-state index contributed by atoms with van der Waals surface area (Å²) in [6, 6.07) is 0. The van der Waals surface area contributed by atoms with Crippen molar-refractivity contribution < 1.29 is 9.90 Å². The maximum absolute atomic E-state index is 10.5. The second-order valence-electron chi connectivity index (χ2n) is 3.28. The number of thioether (sulfide) groups is 1. The van der Waals surface area contributed by atoms with Gasteiger partial charge < -0.3 is 5.11 Å². The molecule has 1 atom stereocenters. The van der Waals surface area contributed by atoms with Crippen LogP contribution in [0, 0.1) is 5.92 Å². The number of aliphatic carboxylic acids is 1. The molecule has 0 bridgehead atoms. The summed E-state index contributed by atoms with van der Waals surface area (Å²) in [5.74, 6) is -0.189. The fourth-order valence-electron chi connectivity index (χ4n) is 1.01. The molecule has 1 aliphatic rings. The minimum Gasteiger partial charge on any atom is -0.480 e. The van der Waals surface area contributed by atoms with Crippen LogP contribution in [0.25, 0.3) is 0 Å². The third-order valence-corrected chi connectivity index (χ3v) is 2.77. The Bertz CT molecular complexity index is 213. The molecule has 0 aromatic heterocycles. The fraction of sp³-hybridized carbons (Fsp3) is 0.750. The van der Waals surface area contributed by atoms with Crippen LogP contribution in [0.4, 0.5) is 0 Å². The summed E-state index contributed by atoms with van der Waals surface area (Å²) in [5, 5.41) is 9.33. The molecular formula is C8H13NO2S. The van der Waals surface area contributed by atoms with E-state index in [9.17, 15) is 4.79 Å². The first kappa shape index (κ1) is 9.58. The summed E-state index contributed by atoms with van der Waals surface area (Å²) < 4.78 is 0. The summed E-state index contributed by atoms with van der Waals surface area (Å²) >= 11 is 1.40. The van der Waals surface area contributed by atoms with Crippen LogP contribution in [0.5, 0.6) is 0 Å². The highest BCUT2D eigenvalue weighted by molar-refractivity contribution is 8.15. The van der Waals surface area contributed by atoms with Crippen LogP contribution < -0.4 is 0 Å². The number of carboxylic acids is 1. The van der Waals surface area contributed by atoms with Gasteiger partial charge in [-0.1, -0.05) is 25.6 Å². The van der Waals surface area contributed by atoms with Gasteiger partial charge in [0.2, 0.25) is 0 Å². The SMILES string of the molecule is CC(C)CC1=NCC(C(=O)O)S1. The van der Waals surface area contributed by atoms with Crippen LogP contribution in [0.2, 0.25) is 0 Å². The molecule has 12 heavy (non-hydrogen) atoms. The Balaban J connectivity index is 2.38. The molecule has 1 rings (SSSR count). The minimum absolute atomic E-state index is 0.334. The van der Waals surface area contributed by atoms with Crippen molar-refractivity contribution in [2.75, 3.05) is 6.54 Å². The molecule has 0 radical (unpaired) electrons. The molecule has 0 amide bonds. The highest BCUT2D eigenvalue weighted by atomic mass is 32.2. The fourth-order valence-corrected chi connectivity index (χ4v) is 2.17. The van der Waals surface area contributed by atoms with Crippen LogP contribution in [0.3, 0.4) is 0 Å². The largest absolute Gasteiger partial charge is 0.480 e. The topological polar surface area (TPSA) is 49.7 Å². The van der Waals surface area contributed by atoms with E-state index in [0.717, 1.165) is 11.5 Å². The van der Waals surface area contributed by atoms with Gasteiger partial charge in [-0.25, -0.2) is 0 Å². The van der Waals surface area contributed by atoms with Gasteiger partial charge >= 0.3 is 5.97 Å². The Morgan fingerprint density at radius 3 is 2.92 bits per heavy atom. The van der Waals surface area contributed by atoms with E-state index < -0.39 is 5.97 Å². The van der Waals surface area contributed by atoms with E-state index in [1.807, 2.05) is 0 Å². The first-order chi connectivity index (χ1) is 5.59. The van der Waals surface area contributed by atoms with Crippen LogP contribution in [-0.4, -0.2) is 27.9 Å². The van der Waals surface area contributed by atoms with E-state index in [1.165, 1.54) is 11.8 Å². The van der Waals surface area contributed by atoms with E-state index in [-0.39, 0.29) is 5.25 Å². The van der Waals surface area contributed by atoms with Crippen LogP contribution in [-0.2, 0) is 4.79 Å². The van der Waals surface area contributed by atoms with Crippen LogP contribution in [0.15, 0.2) is 4.99 Å². The second-order valence-corrected chi connectivity index (χ2v) is 4.55. The molecule has 0 saturated carbocycles. The van der Waals surface area contributed by atoms with Crippen molar-refractivity contribution in [3.05, 3.63) is 0 Å². The summed E-state index contributed by atoms with van der Waals surface area (Å²) in [6.07, 6.45) is 0.911.